The molecule has 0 saturated heterocycles. The zero-order valence-electron chi connectivity index (χ0n) is 13.4. The number of nitrogens with zero attached hydrogens (tertiary/aromatic N) is 1. The van der Waals surface area contributed by atoms with Crippen LogP contribution in [0.1, 0.15) is 10.4 Å². The molecule has 0 saturated carbocycles. The minimum atomic E-state index is -2.74. The number of nitrogens with one attached hydrogen (secondary N) is 1. The molecule has 1 amide bonds. The van der Waals surface area contributed by atoms with Gasteiger partial charge in [-0.1, -0.05) is 11.6 Å². The lowest BCUT2D eigenvalue weighted by Crippen LogP contribution is -2.19. The van der Waals surface area contributed by atoms with Gasteiger partial charge >= 0.3 is 0 Å². The molecule has 0 aromatic heterocycles. The van der Waals surface area contributed by atoms with E-state index >= 15 is 0 Å². The third-order valence-corrected chi connectivity index (χ3v) is 3.43. The Morgan fingerprint density at radius 1 is 1.31 bits per heavy atom. The summed E-state index contributed by atoms with van der Waals surface area (Å²) in [7, 11) is 1.18. The van der Waals surface area contributed by atoms with Crippen LogP contribution in [0.15, 0.2) is 36.4 Å². The molecule has 0 bridgehead atoms. The highest BCUT2D eigenvalue weighted by atomic mass is 35.5. The Morgan fingerprint density at radius 2 is 2.04 bits per heavy atom. The summed E-state index contributed by atoms with van der Waals surface area (Å²) in [5.74, 6) is -1.55. The molecule has 0 radical (unpaired) electrons. The van der Waals surface area contributed by atoms with E-state index in [4.69, 9.17) is 16.3 Å². The van der Waals surface area contributed by atoms with Gasteiger partial charge < -0.3 is 10.1 Å². The minimum Gasteiger partial charge on any atom is -0.487 e. The number of hydrogen-bond acceptors (Lipinski definition) is 5. The van der Waals surface area contributed by atoms with E-state index in [0.29, 0.717) is 5.23 Å². The van der Waals surface area contributed by atoms with Crippen LogP contribution in [0, 0.1) is 5.82 Å². The van der Waals surface area contributed by atoms with E-state index in [1.54, 1.807) is 0 Å². The number of carbonyl (C=O) groups excluding carboxylic acids is 1. The first-order chi connectivity index (χ1) is 12.3. The maximum absolute atomic E-state index is 13.2. The molecule has 6 nitrogen and oxygen atoms in total. The van der Waals surface area contributed by atoms with E-state index in [1.807, 2.05) is 0 Å². The van der Waals surface area contributed by atoms with Gasteiger partial charge in [-0.05, 0) is 36.4 Å². The lowest BCUT2D eigenvalue weighted by atomic mass is 10.1. The molecule has 2 rings (SSSR count). The Labute approximate surface area is 151 Å². The van der Waals surface area contributed by atoms with Crippen LogP contribution in [-0.2, 0) is 4.84 Å². The molecule has 0 unspecified atom stereocenters. The predicted octanol–water partition coefficient (Wildman–Crippen LogP) is 4.13. The Kier molecular flexibility index (Phi) is 6.67. The maximum atomic E-state index is 13.2. The van der Waals surface area contributed by atoms with Crippen LogP contribution in [0.3, 0.4) is 0 Å². The van der Waals surface area contributed by atoms with Crippen LogP contribution < -0.4 is 15.3 Å². The number of anilines is 2. The summed E-state index contributed by atoms with van der Waals surface area (Å²) in [4.78, 5) is 17.1. The Hall–Kier alpha value is -2.49. The highest BCUT2D eigenvalue weighted by molar-refractivity contribution is 6.31. The van der Waals surface area contributed by atoms with Crippen LogP contribution in [0.4, 0.5) is 24.5 Å². The Balaban J connectivity index is 2.32. The minimum absolute atomic E-state index is 0.0548. The van der Waals surface area contributed by atoms with Gasteiger partial charge in [-0.3, -0.25) is 14.8 Å². The molecule has 2 aromatic carbocycles. The number of benzene rings is 2. The first-order valence-electron chi connectivity index (χ1n) is 7.16. The fraction of sp³-hybridized carbons (Fsp3) is 0.188. The lowest BCUT2D eigenvalue weighted by Gasteiger charge is -2.17. The third-order valence-electron chi connectivity index (χ3n) is 3.14. The van der Waals surface area contributed by atoms with E-state index in [9.17, 15) is 23.2 Å². The quantitative estimate of drug-likeness (QED) is 0.695. The molecule has 2 N–H and O–H groups in total. The number of carbonyl (C=O) groups is 1. The highest BCUT2D eigenvalue weighted by Crippen LogP contribution is 2.27. The number of hydrogen-bond donors (Lipinski definition) is 2. The van der Waals surface area contributed by atoms with E-state index in [0.717, 1.165) is 6.07 Å². The summed E-state index contributed by atoms with van der Waals surface area (Å²) in [6, 6.07) is 7.22. The van der Waals surface area contributed by atoms with Crippen molar-refractivity contribution in [1.29, 1.82) is 0 Å². The van der Waals surface area contributed by atoms with Gasteiger partial charge in [0.25, 0.3) is 12.3 Å². The fourth-order valence-corrected chi connectivity index (χ4v) is 2.15. The van der Waals surface area contributed by atoms with Crippen molar-refractivity contribution in [1.82, 2.24) is 0 Å². The summed E-state index contributed by atoms with van der Waals surface area (Å²) in [6.45, 7) is -0.922. The molecule has 0 atom stereocenters. The smallest absolute Gasteiger partial charge is 0.272 e. The molecule has 0 aliphatic carbocycles. The molecule has 2 aromatic rings. The van der Waals surface area contributed by atoms with Gasteiger partial charge in [-0.25, -0.2) is 13.2 Å². The molecule has 0 aliphatic heterocycles. The van der Waals surface area contributed by atoms with Crippen molar-refractivity contribution in [2.24, 2.45) is 0 Å². The molecular weight excluding hydrogens is 377 g/mol. The summed E-state index contributed by atoms with van der Waals surface area (Å²) in [6.07, 6.45) is -2.74. The van der Waals surface area contributed by atoms with Gasteiger partial charge in [-0.15, -0.1) is 5.23 Å². The summed E-state index contributed by atoms with van der Waals surface area (Å²) in [5, 5.41) is 12.2. The molecule has 0 aliphatic rings. The van der Waals surface area contributed by atoms with Gasteiger partial charge in [0, 0.05) is 5.69 Å². The topological polar surface area (TPSA) is 71.0 Å². The zero-order valence-corrected chi connectivity index (χ0v) is 14.1. The average Bonchev–Trinajstić information content (AvgIpc) is 2.62. The van der Waals surface area contributed by atoms with Gasteiger partial charge in [0.1, 0.15) is 18.2 Å². The number of rotatable bonds is 7. The SMILES string of the molecule is CON(O)c1ccc(OCC(F)F)c(C(=O)Nc2ccc(F)c(Cl)c2)c1. The van der Waals surface area contributed by atoms with Gasteiger partial charge in [-0.2, -0.15) is 0 Å². The largest absolute Gasteiger partial charge is 0.487 e. The second-order valence-corrected chi connectivity index (χ2v) is 5.33. The van der Waals surface area contributed by atoms with Crippen molar-refractivity contribution >= 4 is 28.9 Å². The number of ether oxygens (including phenoxy) is 1. The van der Waals surface area contributed by atoms with Crippen LogP contribution >= 0.6 is 11.6 Å². The lowest BCUT2D eigenvalue weighted by molar-refractivity contribution is -0.0110. The molecule has 0 heterocycles. The van der Waals surface area contributed by atoms with E-state index in [-0.39, 0.29) is 27.7 Å². The van der Waals surface area contributed by atoms with Crippen molar-refractivity contribution in [2.45, 2.75) is 6.43 Å². The fourth-order valence-electron chi connectivity index (χ4n) is 1.97. The number of halogens is 4. The first kappa shape index (κ1) is 19.8. The Bertz CT molecular complexity index is 792. The maximum Gasteiger partial charge on any atom is 0.272 e. The van der Waals surface area contributed by atoms with Gasteiger partial charge in [0.15, 0.2) is 0 Å². The average molecular weight is 391 g/mol. The van der Waals surface area contributed by atoms with Gasteiger partial charge in [0.2, 0.25) is 0 Å². The number of alkyl halides is 2. The van der Waals surface area contributed by atoms with Crippen LogP contribution in [0.2, 0.25) is 5.02 Å². The van der Waals surface area contributed by atoms with Crippen molar-refractivity contribution in [3.05, 3.63) is 52.8 Å². The van der Waals surface area contributed by atoms with Crippen LogP contribution in [0.25, 0.3) is 0 Å². The molecule has 26 heavy (non-hydrogen) atoms. The van der Waals surface area contributed by atoms with Crippen molar-refractivity contribution in [3.8, 4) is 5.75 Å². The van der Waals surface area contributed by atoms with Crippen molar-refractivity contribution < 1.29 is 32.7 Å². The van der Waals surface area contributed by atoms with Crippen LogP contribution in [-0.4, -0.2) is 31.3 Å². The molecule has 0 spiro atoms. The summed E-state index contributed by atoms with van der Waals surface area (Å²) < 4.78 is 42.9. The molecule has 10 heteroatoms. The van der Waals surface area contributed by atoms with E-state index in [1.165, 1.54) is 37.4 Å². The van der Waals surface area contributed by atoms with Crippen molar-refractivity contribution in [2.75, 3.05) is 24.3 Å². The zero-order chi connectivity index (χ0) is 19.3. The normalized spacial score (nSPS) is 10.7. The second-order valence-electron chi connectivity index (χ2n) is 4.92. The Morgan fingerprint density at radius 3 is 2.65 bits per heavy atom. The standard InChI is InChI=1S/C16H14ClF3N2O4/c1-25-22(24)10-3-5-14(26-8-15(19)20)11(7-10)16(23)21-9-2-4-13(18)12(17)6-9/h2-7,15,24H,8H2,1H3,(H,21,23). The molecular formula is C16H14ClF3N2O4. The predicted molar refractivity (Wildman–Crippen MR) is 88.6 cm³/mol. The van der Waals surface area contributed by atoms with E-state index < -0.39 is 24.8 Å². The monoisotopic (exact) mass is 390 g/mol. The summed E-state index contributed by atoms with van der Waals surface area (Å²) in [5.41, 5.74) is 0.0816. The third kappa shape index (κ3) is 5.01. The molecule has 0 fully saturated rings. The number of amides is 1. The summed E-state index contributed by atoms with van der Waals surface area (Å²) >= 11 is 5.65. The van der Waals surface area contributed by atoms with Gasteiger partial charge in [0.05, 0.1) is 23.4 Å². The first-order valence-corrected chi connectivity index (χ1v) is 7.54. The molecule has 140 valence electrons. The van der Waals surface area contributed by atoms with Crippen LogP contribution in [0.5, 0.6) is 5.75 Å². The second kappa shape index (κ2) is 8.75. The highest BCUT2D eigenvalue weighted by Gasteiger charge is 2.18. The van der Waals surface area contributed by atoms with Crippen molar-refractivity contribution in [3.63, 3.8) is 0 Å². The van der Waals surface area contributed by atoms with E-state index in [2.05, 4.69) is 10.2 Å².